The number of ether oxygens (including phenoxy) is 2. The van der Waals surface area contributed by atoms with E-state index in [4.69, 9.17) is 21.1 Å². The van der Waals surface area contributed by atoms with Crippen LogP contribution in [0.1, 0.15) is 24.6 Å². The summed E-state index contributed by atoms with van der Waals surface area (Å²) in [4.78, 5) is 8.91. The zero-order valence-electron chi connectivity index (χ0n) is 11.4. The fourth-order valence-corrected chi connectivity index (χ4v) is 2.30. The third-order valence-electron chi connectivity index (χ3n) is 3.34. The second-order valence-electron chi connectivity index (χ2n) is 4.77. The number of nitrogens with zero attached hydrogens (tertiary/aromatic N) is 2. The molecule has 2 aromatic rings. The molecule has 1 fully saturated rings. The average molecular weight is 291 g/mol. The smallest absolute Gasteiger partial charge is 0.133 e. The van der Waals surface area contributed by atoms with E-state index in [2.05, 4.69) is 9.97 Å². The molecule has 0 unspecified atom stereocenters. The van der Waals surface area contributed by atoms with Gasteiger partial charge in [-0.15, -0.1) is 0 Å². The highest BCUT2D eigenvalue weighted by molar-refractivity contribution is 6.29. The summed E-state index contributed by atoms with van der Waals surface area (Å²) in [6.07, 6.45) is 2.28. The lowest BCUT2D eigenvalue weighted by atomic mass is 10.1. The van der Waals surface area contributed by atoms with Crippen molar-refractivity contribution < 1.29 is 9.47 Å². The fraction of sp³-hybridized carbons (Fsp3) is 0.333. The average Bonchev–Trinajstić information content (AvgIpc) is 3.30. The van der Waals surface area contributed by atoms with E-state index in [1.54, 1.807) is 20.3 Å². The summed E-state index contributed by atoms with van der Waals surface area (Å²) in [7, 11) is 3.25. The molecular weight excluding hydrogens is 276 g/mol. The van der Waals surface area contributed by atoms with E-state index in [-0.39, 0.29) is 0 Å². The molecule has 0 saturated heterocycles. The molecule has 1 saturated carbocycles. The number of aromatic nitrogens is 2. The SMILES string of the molecule is COc1ccc(-c2cc(Cl)nc(C3CC3)n2)c(OC)c1. The van der Waals surface area contributed by atoms with E-state index in [0.29, 0.717) is 16.8 Å². The van der Waals surface area contributed by atoms with E-state index in [9.17, 15) is 0 Å². The predicted molar refractivity (Wildman–Crippen MR) is 77.6 cm³/mol. The molecule has 1 heterocycles. The van der Waals surface area contributed by atoms with E-state index in [1.807, 2.05) is 18.2 Å². The minimum absolute atomic E-state index is 0.455. The van der Waals surface area contributed by atoms with Crippen molar-refractivity contribution in [1.29, 1.82) is 0 Å². The van der Waals surface area contributed by atoms with Crippen molar-refractivity contribution in [2.24, 2.45) is 0 Å². The van der Waals surface area contributed by atoms with Crippen LogP contribution in [0.3, 0.4) is 0 Å². The number of rotatable bonds is 4. The lowest BCUT2D eigenvalue weighted by Gasteiger charge is -2.11. The Bertz CT molecular complexity index is 642. The number of hydrogen-bond acceptors (Lipinski definition) is 4. The van der Waals surface area contributed by atoms with Crippen molar-refractivity contribution in [3.05, 3.63) is 35.2 Å². The first-order valence-corrected chi connectivity index (χ1v) is 6.86. The topological polar surface area (TPSA) is 44.2 Å². The maximum Gasteiger partial charge on any atom is 0.133 e. The van der Waals surface area contributed by atoms with Gasteiger partial charge < -0.3 is 9.47 Å². The molecule has 1 aromatic heterocycles. The monoisotopic (exact) mass is 290 g/mol. The van der Waals surface area contributed by atoms with Gasteiger partial charge in [-0.1, -0.05) is 11.6 Å². The molecular formula is C15H15ClN2O2. The largest absolute Gasteiger partial charge is 0.497 e. The molecule has 1 aliphatic carbocycles. The summed E-state index contributed by atoms with van der Waals surface area (Å²) in [5, 5.41) is 0.467. The first-order valence-electron chi connectivity index (χ1n) is 6.48. The quantitative estimate of drug-likeness (QED) is 0.806. The first kappa shape index (κ1) is 13.2. The highest BCUT2D eigenvalue weighted by Gasteiger charge is 2.27. The van der Waals surface area contributed by atoms with E-state index >= 15 is 0 Å². The van der Waals surface area contributed by atoms with Gasteiger partial charge in [0.05, 0.1) is 19.9 Å². The predicted octanol–water partition coefficient (Wildman–Crippen LogP) is 3.69. The van der Waals surface area contributed by atoms with Gasteiger partial charge in [-0.3, -0.25) is 0 Å². The van der Waals surface area contributed by atoms with Gasteiger partial charge in [0.1, 0.15) is 22.5 Å². The van der Waals surface area contributed by atoms with Crippen LogP contribution in [0.25, 0.3) is 11.3 Å². The van der Waals surface area contributed by atoms with Gasteiger partial charge in [-0.2, -0.15) is 0 Å². The maximum absolute atomic E-state index is 6.11. The molecule has 4 nitrogen and oxygen atoms in total. The van der Waals surface area contributed by atoms with Crippen molar-refractivity contribution in [3.8, 4) is 22.8 Å². The zero-order valence-corrected chi connectivity index (χ0v) is 12.1. The lowest BCUT2D eigenvalue weighted by molar-refractivity contribution is 0.395. The zero-order chi connectivity index (χ0) is 14.1. The molecule has 0 aliphatic heterocycles. The van der Waals surface area contributed by atoms with E-state index in [1.165, 1.54) is 0 Å². The van der Waals surface area contributed by atoms with Crippen LogP contribution in [0.4, 0.5) is 0 Å². The molecule has 0 amide bonds. The molecule has 104 valence electrons. The van der Waals surface area contributed by atoms with Crippen molar-refractivity contribution in [2.45, 2.75) is 18.8 Å². The molecule has 3 rings (SSSR count). The maximum atomic E-state index is 6.11. The van der Waals surface area contributed by atoms with Crippen LogP contribution in [-0.4, -0.2) is 24.2 Å². The Morgan fingerprint density at radius 1 is 1.10 bits per heavy atom. The normalized spacial score (nSPS) is 14.2. The van der Waals surface area contributed by atoms with Crippen molar-refractivity contribution in [1.82, 2.24) is 9.97 Å². The minimum Gasteiger partial charge on any atom is -0.497 e. The Hall–Kier alpha value is -1.81. The lowest BCUT2D eigenvalue weighted by Crippen LogP contribution is -1.97. The first-order chi connectivity index (χ1) is 9.71. The van der Waals surface area contributed by atoms with Gasteiger partial charge in [-0.05, 0) is 25.0 Å². The summed E-state index contributed by atoms with van der Waals surface area (Å²) in [6, 6.07) is 7.40. The van der Waals surface area contributed by atoms with Crippen LogP contribution in [0.2, 0.25) is 5.15 Å². The molecule has 0 bridgehead atoms. The number of methoxy groups -OCH3 is 2. The van der Waals surface area contributed by atoms with Crippen LogP contribution in [0, 0.1) is 0 Å². The van der Waals surface area contributed by atoms with Gasteiger partial charge in [0, 0.05) is 23.6 Å². The number of hydrogen-bond donors (Lipinski definition) is 0. The summed E-state index contributed by atoms with van der Waals surface area (Å²) >= 11 is 6.11. The Labute approximate surface area is 122 Å². The molecule has 1 aromatic carbocycles. The molecule has 0 spiro atoms. The Kier molecular flexibility index (Phi) is 3.49. The number of benzene rings is 1. The van der Waals surface area contributed by atoms with Gasteiger partial charge in [0.2, 0.25) is 0 Å². The summed E-state index contributed by atoms with van der Waals surface area (Å²) in [5.74, 6) is 2.73. The van der Waals surface area contributed by atoms with E-state index < -0.39 is 0 Å². The molecule has 0 atom stereocenters. The number of halogens is 1. The van der Waals surface area contributed by atoms with Crippen molar-refractivity contribution in [2.75, 3.05) is 14.2 Å². The van der Waals surface area contributed by atoms with E-state index in [0.717, 1.165) is 35.7 Å². The third-order valence-corrected chi connectivity index (χ3v) is 3.53. The Morgan fingerprint density at radius 2 is 1.90 bits per heavy atom. The van der Waals surface area contributed by atoms with Gasteiger partial charge >= 0.3 is 0 Å². The Morgan fingerprint density at radius 3 is 2.55 bits per heavy atom. The molecule has 5 heteroatoms. The second kappa shape index (κ2) is 5.29. The second-order valence-corrected chi connectivity index (χ2v) is 5.16. The van der Waals surface area contributed by atoms with Gasteiger partial charge in [0.15, 0.2) is 0 Å². The highest BCUT2D eigenvalue weighted by Crippen LogP contribution is 2.40. The van der Waals surface area contributed by atoms with Crippen LogP contribution >= 0.6 is 11.6 Å². The standard InChI is InChI=1S/C15H15ClN2O2/c1-19-10-5-6-11(13(7-10)20-2)12-8-14(16)18-15(17-12)9-3-4-9/h5-9H,3-4H2,1-2H3. The van der Waals surface area contributed by atoms with Gasteiger partial charge in [-0.25, -0.2) is 9.97 Å². The molecule has 0 radical (unpaired) electrons. The summed E-state index contributed by atoms with van der Waals surface area (Å²) in [6.45, 7) is 0. The molecule has 20 heavy (non-hydrogen) atoms. The molecule has 0 N–H and O–H groups in total. The van der Waals surface area contributed by atoms with Crippen LogP contribution < -0.4 is 9.47 Å². The third kappa shape index (κ3) is 2.56. The van der Waals surface area contributed by atoms with Crippen LogP contribution in [-0.2, 0) is 0 Å². The van der Waals surface area contributed by atoms with Gasteiger partial charge in [0.25, 0.3) is 0 Å². The fourth-order valence-electron chi connectivity index (χ4n) is 2.11. The highest BCUT2D eigenvalue weighted by atomic mass is 35.5. The Balaban J connectivity index is 2.07. The van der Waals surface area contributed by atoms with Crippen molar-refractivity contribution >= 4 is 11.6 Å². The molecule has 1 aliphatic rings. The van der Waals surface area contributed by atoms with Crippen LogP contribution in [0.15, 0.2) is 24.3 Å². The van der Waals surface area contributed by atoms with Crippen LogP contribution in [0.5, 0.6) is 11.5 Å². The van der Waals surface area contributed by atoms with Crippen molar-refractivity contribution in [3.63, 3.8) is 0 Å². The summed E-state index contributed by atoms with van der Waals surface area (Å²) < 4.78 is 10.6. The summed E-state index contributed by atoms with van der Waals surface area (Å²) in [5.41, 5.74) is 1.67. The minimum atomic E-state index is 0.455.